The fourth-order valence-corrected chi connectivity index (χ4v) is 3.89. The number of ether oxygens (including phenoxy) is 1. The van der Waals surface area contributed by atoms with Crippen LogP contribution < -0.4 is 9.46 Å². The molecule has 3 N–H and O–H groups in total. The van der Waals surface area contributed by atoms with Crippen LogP contribution >= 0.6 is 11.6 Å². The van der Waals surface area contributed by atoms with E-state index in [1.807, 2.05) is 11.6 Å². The van der Waals surface area contributed by atoms with Crippen molar-refractivity contribution in [2.75, 3.05) is 0 Å². The second-order valence-corrected chi connectivity index (χ2v) is 7.32. The lowest BCUT2D eigenvalue weighted by atomic mass is 10.1. The van der Waals surface area contributed by atoms with Gasteiger partial charge in [0.2, 0.25) is 10.0 Å². The van der Waals surface area contributed by atoms with Crippen LogP contribution in [0.15, 0.2) is 17.0 Å². The summed E-state index contributed by atoms with van der Waals surface area (Å²) in [7, 11) is -4.14. The fraction of sp³-hybridized carbons (Fsp3) is 0.462. The second-order valence-electron chi connectivity index (χ2n) is 5.20. The summed E-state index contributed by atoms with van der Waals surface area (Å²) in [4.78, 5) is 10.8. The summed E-state index contributed by atoms with van der Waals surface area (Å²) in [6.07, 6.45) is -0.986. The van der Waals surface area contributed by atoms with Crippen LogP contribution in [-0.2, 0) is 21.2 Å². The van der Waals surface area contributed by atoms with Crippen molar-refractivity contribution < 1.29 is 28.2 Å². The largest absolute Gasteiger partial charge is 0.489 e. The SMILES string of the molecule is CC1Cc2cc(S(=O)(=O)N[C@H](C(=O)O)[C@H](C)O)cc(Cl)c2O1. The van der Waals surface area contributed by atoms with Gasteiger partial charge in [-0.1, -0.05) is 11.6 Å². The lowest BCUT2D eigenvalue weighted by molar-refractivity contribution is -0.141. The van der Waals surface area contributed by atoms with Gasteiger partial charge in [0.05, 0.1) is 16.0 Å². The molecule has 9 heteroatoms. The molecule has 0 amide bonds. The van der Waals surface area contributed by atoms with Crippen LogP contribution in [0.1, 0.15) is 19.4 Å². The average Bonchev–Trinajstić information content (AvgIpc) is 2.76. The molecule has 1 aromatic carbocycles. The van der Waals surface area contributed by atoms with Crippen molar-refractivity contribution in [3.8, 4) is 5.75 Å². The fourth-order valence-electron chi connectivity index (χ4n) is 2.20. The van der Waals surface area contributed by atoms with E-state index in [0.717, 1.165) is 0 Å². The summed E-state index contributed by atoms with van der Waals surface area (Å²) < 4.78 is 32.0. The number of nitrogens with one attached hydrogen (secondary N) is 1. The number of hydrogen-bond donors (Lipinski definition) is 3. The highest BCUT2D eigenvalue weighted by atomic mass is 35.5. The number of fused-ring (bicyclic) bond motifs is 1. The molecule has 1 aromatic rings. The maximum atomic E-state index is 12.3. The number of carbonyl (C=O) groups is 1. The Labute approximate surface area is 132 Å². The molecule has 3 atom stereocenters. The van der Waals surface area contributed by atoms with E-state index < -0.39 is 28.1 Å². The van der Waals surface area contributed by atoms with Crippen molar-refractivity contribution in [2.45, 2.75) is 43.4 Å². The Bertz CT molecular complexity index is 703. The summed E-state index contributed by atoms with van der Waals surface area (Å²) in [5.74, 6) is -1.03. The summed E-state index contributed by atoms with van der Waals surface area (Å²) in [6.45, 7) is 3.02. The third-order valence-electron chi connectivity index (χ3n) is 3.26. The maximum Gasteiger partial charge on any atom is 0.324 e. The summed E-state index contributed by atoms with van der Waals surface area (Å²) in [6, 6.07) is 0.947. The van der Waals surface area contributed by atoms with Crippen molar-refractivity contribution in [3.05, 3.63) is 22.7 Å². The molecule has 122 valence electrons. The lowest BCUT2D eigenvalue weighted by Gasteiger charge is -2.17. The highest BCUT2D eigenvalue weighted by Crippen LogP contribution is 2.37. The Morgan fingerprint density at radius 1 is 1.50 bits per heavy atom. The van der Waals surface area contributed by atoms with Gasteiger partial charge in [-0.3, -0.25) is 4.79 Å². The highest BCUT2D eigenvalue weighted by Gasteiger charge is 2.31. The average molecular weight is 350 g/mol. The van der Waals surface area contributed by atoms with Gasteiger partial charge in [-0.15, -0.1) is 0 Å². The number of carboxylic acids is 1. The molecular formula is C13H16ClNO6S. The first-order valence-electron chi connectivity index (χ1n) is 6.54. The third kappa shape index (κ3) is 3.35. The Morgan fingerprint density at radius 3 is 2.68 bits per heavy atom. The monoisotopic (exact) mass is 349 g/mol. The molecule has 0 fully saturated rings. The summed E-state index contributed by atoms with van der Waals surface area (Å²) in [5.41, 5.74) is 0.643. The van der Waals surface area contributed by atoms with Crippen LogP contribution in [0.5, 0.6) is 5.75 Å². The zero-order chi connectivity index (χ0) is 16.7. The molecule has 22 heavy (non-hydrogen) atoms. The number of hydrogen-bond acceptors (Lipinski definition) is 5. The number of aliphatic hydroxyl groups excluding tert-OH is 1. The highest BCUT2D eigenvalue weighted by molar-refractivity contribution is 7.89. The van der Waals surface area contributed by atoms with Gasteiger partial charge in [0.25, 0.3) is 0 Å². The van der Waals surface area contributed by atoms with Gasteiger partial charge in [-0.25, -0.2) is 8.42 Å². The Morgan fingerprint density at radius 2 is 2.14 bits per heavy atom. The Balaban J connectivity index is 2.37. The first kappa shape index (κ1) is 17.0. The zero-order valence-electron chi connectivity index (χ0n) is 11.9. The van der Waals surface area contributed by atoms with Gasteiger partial charge in [-0.2, -0.15) is 4.72 Å². The first-order chi connectivity index (χ1) is 10.1. The molecule has 7 nitrogen and oxygen atoms in total. The molecule has 1 heterocycles. The van der Waals surface area contributed by atoms with Gasteiger partial charge < -0.3 is 14.9 Å². The molecule has 0 radical (unpaired) electrons. The van der Waals surface area contributed by atoms with E-state index in [1.165, 1.54) is 19.1 Å². The minimum atomic E-state index is -4.14. The Hall–Kier alpha value is -1.35. The van der Waals surface area contributed by atoms with Crippen LogP contribution in [0.25, 0.3) is 0 Å². The quantitative estimate of drug-likeness (QED) is 0.724. The molecule has 0 aliphatic carbocycles. The first-order valence-corrected chi connectivity index (χ1v) is 8.40. The van der Waals surface area contributed by atoms with Crippen molar-refractivity contribution >= 4 is 27.6 Å². The number of halogens is 1. The van der Waals surface area contributed by atoms with Crippen LogP contribution in [0.3, 0.4) is 0 Å². The zero-order valence-corrected chi connectivity index (χ0v) is 13.5. The van der Waals surface area contributed by atoms with Crippen molar-refractivity contribution in [1.29, 1.82) is 0 Å². The predicted octanol–water partition coefficient (Wildman–Crippen LogP) is 0.776. The van der Waals surface area contributed by atoms with Crippen LogP contribution in [0.2, 0.25) is 5.02 Å². The molecule has 2 rings (SSSR count). The number of aliphatic carboxylic acids is 1. The van der Waals surface area contributed by atoms with E-state index in [1.54, 1.807) is 0 Å². The Kier molecular flexibility index (Phi) is 4.67. The van der Waals surface area contributed by atoms with E-state index in [-0.39, 0.29) is 16.0 Å². The number of rotatable bonds is 5. The molecule has 0 aromatic heterocycles. The molecule has 0 saturated carbocycles. The molecule has 1 aliphatic heterocycles. The number of benzene rings is 1. The van der Waals surface area contributed by atoms with Gasteiger partial charge in [0.1, 0.15) is 17.9 Å². The third-order valence-corrected chi connectivity index (χ3v) is 4.96. The van der Waals surface area contributed by atoms with Gasteiger partial charge in [0.15, 0.2) is 0 Å². The number of carboxylic acid groups (broad SMARTS) is 1. The minimum Gasteiger partial charge on any atom is -0.489 e. The lowest BCUT2D eigenvalue weighted by Crippen LogP contribution is -2.47. The van der Waals surface area contributed by atoms with Gasteiger partial charge in [0, 0.05) is 12.0 Å². The van der Waals surface area contributed by atoms with Crippen molar-refractivity contribution in [3.63, 3.8) is 0 Å². The molecule has 1 unspecified atom stereocenters. The van der Waals surface area contributed by atoms with E-state index in [0.29, 0.717) is 17.7 Å². The summed E-state index contributed by atoms with van der Waals surface area (Å²) in [5, 5.41) is 18.5. The van der Waals surface area contributed by atoms with Gasteiger partial charge >= 0.3 is 5.97 Å². The second kappa shape index (κ2) is 6.04. The van der Waals surface area contributed by atoms with Crippen LogP contribution in [0, 0.1) is 0 Å². The van der Waals surface area contributed by atoms with E-state index in [9.17, 15) is 18.3 Å². The van der Waals surface area contributed by atoms with Crippen LogP contribution in [-0.4, -0.2) is 42.8 Å². The molecular weight excluding hydrogens is 334 g/mol. The number of sulfonamides is 1. The normalized spacial score (nSPS) is 20.1. The topological polar surface area (TPSA) is 113 Å². The maximum absolute atomic E-state index is 12.3. The standard InChI is InChI=1S/C13H16ClNO6S/c1-6-3-8-4-9(5-10(14)12(8)21-6)22(19,20)15-11(7(2)16)13(17)18/h4-7,11,15-16H,3H2,1-2H3,(H,17,18)/t6?,7-,11-/m0/s1. The molecule has 0 bridgehead atoms. The van der Waals surface area contributed by atoms with Crippen LogP contribution in [0.4, 0.5) is 0 Å². The van der Waals surface area contributed by atoms with E-state index >= 15 is 0 Å². The number of aliphatic hydroxyl groups is 1. The molecule has 0 saturated heterocycles. The van der Waals surface area contributed by atoms with Crippen molar-refractivity contribution in [1.82, 2.24) is 4.72 Å². The smallest absolute Gasteiger partial charge is 0.324 e. The van der Waals surface area contributed by atoms with Gasteiger partial charge in [-0.05, 0) is 26.0 Å². The minimum absolute atomic E-state index is 0.109. The van der Waals surface area contributed by atoms with E-state index in [2.05, 4.69) is 0 Å². The predicted molar refractivity (Wildman–Crippen MR) is 78.7 cm³/mol. The van der Waals surface area contributed by atoms with Crippen molar-refractivity contribution in [2.24, 2.45) is 0 Å². The summed E-state index contributed by atoms with van der Waals surface area (Å²) >= 11 is 6.02. The van der Waals surface area contributed by atoms with E-state index in [4.69, 9.17) is 21.4 Å². The molecule has 1 aliphatic rings. The molecule has 0 spiro atoms.